The lowest BCUT2D eigenvalue weighted by molar-refractivity contribution is 0.0597. The highest BCUT2D eigenvalue weighted by Gasteiger charge is 2.21. The highest BCUT2D eigenvalue weighted by molar-refractivity contribution is 6.30. The van der Waals surface area contributed by atoms with E-state index in [4.69, 9.17) is 21.1 Å². The topological polar surface area (TPSA) is 35.5 Å². The van der Waals surface area contributed by atoms with Crippen LogP contribution in [0.25, 0.3) is 0 Å². The van der Waals surface area contributed by atoms with Gasteiger partial charge in [0.2, 0.25) is 0 Å². The van der Waals surface area contributed by atoms with E-state index in [2.05, 4.69) is 12.1 Å². The molecular formula is C22H19ClO3. The van der Waals surface area contributed by atoms with Gasteiger partial charge < -0.3 is 9.47 Å². The number of halogens is 1. The molecule has 0 amide bonds. The van der Waals surface area contributed by atoms with E-state index in [1.54, 1.807) is 6.07 Å². The van der Waals surface area contributed by atoms with Crippen LogP contribution < -0.4 is 4.74 Å². The van der Waals surface area contributed by atoms with Crippen molar-refractivity contribution in [1.29, 1.82) is 0 Å². The van der Waals surface area contributed by atoms with E-state index in [0.717, 1.165) is 16.7 Å². The number of hydrogen-bond acceptors (Lipinski definition) is 3. The zero-order valence-electron chi connectivity index (χ0n) is 14.6. The predicted molar refractivity (Wildman–Crippen MR) is 103 cm³/mol. The molecule has 3 aromatic carbocycles. The predicted octanol–water partition coefficient (Wildman–Crippen LogP) is 5.32. The summed E-state index contributed by atoms with van der Waals surface area (Å²) in [7, 11) is 2.90. The van der Waals surface area contributed by atoms with Crippen LogP contribution in [0.3, 0.4) is 0 Å². The van der Waals surface area contributed by atoms with Crippen LogP contribution >= 0.6 is 11.6 Å². The molecule has 0 fully saturated rings. The molecular weight excluding hydrogens is 348 g/mol. The fourth-order valence-electron chi connectivity index (χ4n) is 3.05. The molecule has 0 saturated carbocycles. The average molecular weight is 367 g/mol. The zero-order valence-corrected chi connectivity index (χ0v) is 15.4. The van der Waals surface area contributed by atoms with Crippen LogP contribution in [0.15, 0.2) is 72.8 Å². The molecule has 0 spiro atoms. The molecule has 26 heavy (non-hydrogen) atoms. The second kappa shape index (κ2) is 8.07. The van der Waals surface area contributed by atoms with Crippen molar-refractivity contribution in [2.75, 3.05) is 14.2 Å². The van der Waals surface area contributed by atoms with Crippen LogP contribution in [0.1, 0.15) is 33.0 Å². The van der Waals surface area contributed by atoms with Gasteiger partial charge in [-0.1, -0.05) is 60.1 Å². The average Bonchev–Trinajstić information content (AvgIpc) is 2.70. The number of methoxy groups -OCH3 is 2. The molecule has 0 bridgehead atoms. The fourth-order valence-corrected chi connectivity index (χ4v) is 3.18. The molecule has 1 unspecified atom stereocenters. The van der Waals surface area contributed by atoms with Crippen LogP contribution in [-0.4, -0.2) is 20.2 Å². The smallest absolute Gasteiger partial charge is 0.341 e. The van der Waals surface area contributed by atoms with Gasteiger partial charge in [0.25, 0.3) is 0 Å². The minimum atomic E-state index is -0.424. The molecule has 0 aliphatic heterocycles. The van der Waals surface area contributed by atoms with Crippen LogP contribution in [-0.2, 0) is 4.74 Å². The van der Waals surface area contributed by atoms with E-state index >= 15 is 0 Å². The van der Waals surface area contributed by atoms with E-state index in [1.807, 2.05) is 54.6 Å². The molecule has 132 valence electrons. The van der Waals surface area contributed by atoms with Crippen LogP contribution in [0.4, 0.5) is 0 Å². The quantitative estimate of drug-likeness (QED) is 0.453. The Hall–Kier alpha value is -2.78. The lowest BCUT2D eigenvalue weighted by Gasteiger charge is -2.20. The van der Waals surface area contributed by atoms with Crippen LogP contribution in [0, 0.1) is 0 Å². The third kappa shape index (κ3) is 3.73. The highest BCUT2D eigenvalue weighted by Crippen LogP contribution is 2.35. The Morgan fingerprint density at radius 1 is 0.846 bits per heavy atom. The number of hydrogen-bond donors (Lipinski definition) is 0. The maximum Gasteiger partial charge on any atom is 0.341 e. The third-order valence-corrected chi connectivity index (χ3v) is 4.55. The number of esters is 1. The van der Waals surface area contributed by atoms with Crippen molar-refractivity contribution in [2.45, 2.75) is 5.92 Å². The fraction of sp³-hybridized carbons (Fsp3) is 0.136. The number of carbonyl (C=O) groups excluding carboxylic acids is 1. The minimum absolute atomic E-state index is 0.0391. The Morgan fingerprint density at radius 3 is 2.08 bits per heavy atom. The molecule has 0 N–H and O–H groups in total. The minimum Gasteiger partial charge on any atom is -0.496 e. The maximum absolute atomic E-state index is 12.2. The summed E-state index contributed by atoms with van der Waals surface area (Å²) in [6.07, 6.45) is 0. The Labute approximate surface area is 158 Å². The van der Waals surface area contributed by atoms with Gasteiger partial charge in [0, 0.05) is 10.9 Å². The number of rotatable bonds is 5. The standard InChI is InChI=1S/C22H19ClO3/c1-25-20-13-10-17(14-19(20)22(24)26-2)21(15-6-4-3-5-7-15)16-8-11-18(23)12-9-16/h3-14,21H,1-2H3. The maximum atomic E-state index is 12.2. The van der Waals surface area contributed by atoms with E-state index < -0.39 is 5.97 Å². The third-order valence-electron chi connectivity index (χ3n) is 4.30. The lowest BCUT2D eigenvalue weighted by atomic mass is 9.84. The Morgan fingerprint density at radius 2 is 1.46 bits per heavy atom. The molecule has 0 radical (unpaired) electrons. The summed E-state index contributed by atoms with van der Waals surface area (Å²) in [4.78, 5) is 12.2. The van der Waals surface area contributed by atoms with E-state index in [9.17, 15) is 4.79 Å². The normalized spacial score (nSPS) is 11.7. The van der Waals surface area contributed by atoms with Gasteiger partial charge in [-0.25, -0.2) is 4.79 Å². The molecule has 3 rings (SSSR count). The van der Waals surface area contributed by atoms with Gasteiger partial charge in [0.1, 0.15) is 11.3 Å². The van der Waals surface area contributed by atoms with Crippen molar-refractivity contribution >= 4 is 17.6 Å². The van der Waals surface area contributed by atoms with Crippen LogP contribution in [0.5, 0.6) is 5.75 Å². The first kappa shape index (κ1) is 18.0. The lowest BCUT2D eigenvalue weighted by Crippen LogP contribution is -2.08. The van der Waals surface area contributed by atoms with Crippen molar-refractivity contribution < 1.29 is 14.3 Å². The summed E-state index contributed by atoms with van der Waals surface area (Å²) in [5, 5.41) is 0.686. The molecule has 0 saturated heterocycles. The van der Waals surface area contributed by atoms with E-state index in [0.29, 0.717) is 16.3 Å². The first-order chi connectivity index (χ1) is 12.6. The van der Waals surface area contributed by atoms with Crippen molar-refractivity contribution in [3.63, 3.8) is 0 Å². The van der Waals surface area contributed by atoms with E-state index in [1.165, 1.54) is 14.2 Å². The van der Waals surface area contributed by atoms with Gasteiger partial charge >= 0.3 is 5.97 Å². The summed E-state index contributed by atoms with van der Waals surface area (Å²) in [6.45, 7) is 0. The first-order valence-corrected chi connectivity index (χ1v) is 8.58. The van der Waals surface area contributed by atoms with Gasteiger partial charge in [-0.05, 0) is 41.0 Å². The van der Waals surface area contributed by atoms with Gasteiger partial charge in [-0.3, -0.25) is 0 Å². The van der Waals surface area contributed by atoms with Crippen molar-refractivity contribution in [3.8, 4) is 5.75 Å². The summed E-state index contributed by atoms with van der Waals surface area (Å²) >= 11 is 6.06. The second-order valence-electron chi connectivity index (χ2n) is 5.85. The molecule has 4 heteroatoms. The molecule has 3 nitrogen and oxygen atoms in total. The summed E-state index contributed by atoms with van der Waals surface area (Å²) < 4.78 is 10.2. The zero-order chi connectivity index (χ0) is 18.5. The van der Waals surface area contributed by atoms with Gasteiger partial charge in [0.05, 0.1) is 14.2 Å². The van der Waals surface area contributed by atoms with Gasteiger partial charge in [0.15, 0.2) is 0 Å². The summed E-state index contributed by atoms with van der Waals surface area (Å²) in [6, 6.07) is 23.5. The molecule has 0 aromatic heterocycles. The SMILES string of the molecule is COC(=O)c1cc(C(c2ccccc2)c2ccc(Cl)cc2)ccc1OC. The van der Waals surface area contributed by atoms with Gasteiger partial charge in [-0.2, -0.15) is 0 Å². The summed E-state index contributed by atoms with van der Waals surface area (Å²) in [5.41, 5.74) is 3.58. The molecule has 0 aliphatic rings. The van der Waals surface area contributed by atoms with Crippen molar-refractivity contribution in [3.05, 3.63) is 100 Å². The number of carbonyl (C=O) groups is 1. The van der Waals surface area contributed by atoms with Crippen LogP contribution in [0.2, 0.25) is 5.02 Å². The highest BCUT2D eigenvalue weighted by atomic mass is 35.5. The molecule has 0 aliphatic carbocycles. The van der Waals surface area contributed by atoms with Crippen molar-refractivity contribution in [2.24, 2.45) is 0 Å². The Bertz CT molecular complexity index is 889. The summed E-state index contributed by atoms with van der Waals surface area (Å²) in [5.74, 6) is 0.0258. The van der Waals surface area contributed by atoms with E-state index in [-0.39, 0.29) is 5.92 Å². The second-order valence-corrected chi connectivity index (χ2v) is 6.28. The van der Waals surface area contributed by atoms with Crippen molar-refractivity contribution in [1.82, 2.24) is 0 Å². The number of benzene rings is 3. The van der Waals surface area contributed by atoms with Gasteiger partial charge in [-0.15, -0.1) is 0 Å². The monoisotopic (exact) mass is 366 g/mol. The molecule has 0 heterocycles. The Kier molecular flexibility index (Phi) is 5.59. The number of ether oxygens (including phenoxy) is 2. The molecule has 1 atom stereocenters. The Balaban J connectivity index is 2.16. The largest absolute Gasteiger partial charge is 0.496 e. The first-order valence-electron chi connectivity index (χ1n) is 8.20. The molecule has 3 aromatic rings.